The molecule has 0 fully saturated rings. The maximum atomic E-state index is 11.8. The Morgan fingerprint density at radius 2 is 1.91 bits per heavy atom. The molecule has 0 aliphatic carbocycles. The number of carbonyl (C=O) groups is 2. The summed E-state index contributed by atoms with van der Waals surface area (Å²) in [4.78, 5) is 23.6. The first-order chi connectivity index (χ1) is 11.1. The standard InChI is InChI=1S/C16H18BrN3O3/c1-11(14-7-4-8-23-14)18-9-15(21)19-10-16(22)20-13-6-3-2-5-12(13)17/h2-8,11,18H,9-10H2,1H3,(H,19,21)(H,20,22)/t11-/m1/s1. The van der Waals surface area contributed by atoms with Crippen molar-refractivity contribution in [2.24, 2.45) is 0 Å². The molecule has 1 atom stereocenters. The number of halogens is 1. The van der Waals surface area contributed by atoms with Gasteiger partial charge in [0.25, 0.3) is 0 Å². The normalized spacial score (nSPS) is 11.7. The minimum absolute atomic E-state index is 0.0788. The Morgan fingerprint density at radius 1 is 1.13 bits per heavy atom. The number of rotatable bonds is 7. The summed E-state index contributed by atoms with van der Waals surface area (Å²) in [7, 11) is 0. The summed E-state index contributed by atoms with van der Waals surface area (Å²) in [6.45, 7) is 1.91. The van der Waals surface area contributed by atoms with Crippen molar-refractivity contribution in [3.05, 3.63) is 52.9 Å². The third-order valence-corrected chi connectivity index (χ3v) is 3.82. The molecule has 0 spiro atoms. The molecule has 0 bridgehead atoms. The largest absolute Gasteiger partial charge is 0.468 e. The number of carbonyl (C=O) groups excluding carboxylic acids is 2. The van der Waals surface area contributed by atoms with Crippen LogP contribution in [-0.2, 0) is 9.59 Å². The monoisotopic (exact) mass is 379 g/mol. The summed E-state index contributed by atoms with van der Waals surface area (Å²) in [5, 5.41) is 8.30. The molecule has 3 N–H and O–H groups in total. The van der Waals surface area contributed by atoms with Crippen molar-refractivity contribution in [2.45, 2.75) is 13.0 Å². The molecule has 0 saturated heterocycles. The smallest absolute Gasteiger partial charge is 0.243 e. The van der Waals surface area contributed by atoms with Crippen LogP contribution in [0.15, 0.2) is 51.6 Å². The molecule has 23 heavy (non-hydrogen) atoms. The van der Waals surface area contributed by atoms with E-state index >= 15 is 0 Å². The predicted octanol–water partition coefficient (Wildman–Crippen LogP) is 2.45. The molecule has 1 aromatic carbocycles. The van der Waals surface area contributed by atoms with Crippen molar-refractivity contribution in [1.82, 2.24) is 10.6 Å². The second-order valence-corrected chi connectivity index (χ2v) is 5.78. The van der Waals surface area contributed by atoms with Crippen LogP contribution in [0.2, 0.25) is 0 Å². The lowest BCUT2D eigenvalue weighted by Gasteiger charge is -2.11. The van der Waals surface area contributed by atoms with Gasteiger partial charge in [0.1, 0.15) is 5.76 Å². The van der Waals surface area contributed by atoms with E-state index in [2.05, 4.69) is 31.9 Å². The van der Waals surface area contributed by atoms with Crippen LogP contribution in [-0.4, -0.2) is 24.9 Å². The molecule has 0 saturated carbocycles. The third-order valence-electron chi connectivity index (χ3n) is 3.13. The van der Waals surface area contributed by atoms with Gasteiger partial charge in [-0.15, -0.1) is 0 Å². The number of hydrogen-bond donors (Lipinski definition) is 3. The molecule has 0 aliphatic heterocycles. The summed E-state index contributed by atoms with van der Waals surface area (Å²) >= 11 is 3.34. The summed E-state index contributed by atoms with van der Waals surface area (Å²) in [5.41, 5.74) is 0.663. The number of amides is 2. The predicted molar refractivity (Wildman–Crippen MR) is 90.9 cm³/mol. The van der Waals surface area contributed by atoms with Crippen LogP contribution in [0.5, 0.6) is 0 Å². The number of para-hydroxylation sites is 1. The van der Waals surface area contributed by atoms with E-state index in [1.165, 1.54) is 0 Å². The van der Waals surface area contributed by atoms with Crippen molar-refractivity contribution in [3.8, 4) is 0 Å². The van der Waals surface area contributed by atoms with Gasteiger partial charge >= 0.3 is 0 Å². The van der Waals surface area contributed by atoms with Crippen LogP contribution < -0.4 is 16.0 Å². The van der Waals surface area contributed by atoms with Gasteiger partial charge in [0.2, 0.25) is 11.8 Å². The van der Waals surface area contributed by atoms with Gasteiger partial charge in [0.15, 0.2) is 0 Å². The summed E-state index contributed by atoms with van der Waals surface area (Å²) < 4.78 is 6.03. The fraction of sp³-hybridized carbons (Fsp3) is 0.250. The van der Waals surface area contributed by atoms with Gasteiger partial charge in [0.05, 0.1) is 31.1 Å². The lowest BCUT2D eigenvalue weighted by Crippen LogP contribution is -2.39. The molecule has 7 heteroatoms. The van der Waals surface area contributed by atoms with Crippen molar-refractivity contribution in [1.29, 1.82) is 0 Å². The van der Waals surface area contributed by atoms with Crippen molar-refractivity contribution < 1.29 is 14.0 Å². The van der Waals surface area contributed by atoms with E-state index in [1.54, 1.807) is 18.4 Å². The molecule has 0 radical (unpaired) electrons. The zero-order valence-corrected chi connectivity index (χ0v) is 14.2. The number of furan rings is 1. The highest BCUT2D eigenvalue weighted by molar-refractivity contribution is 9.10. The molecule has 2 amide bonds. The second-order valence-electron chi connectivity index (χ2n) is 4.92. The van der Waals surface area contributed by atoms with Crippen LogP contribution in [0.1, 0.15) is 18.7 Å². The number of anilines is 1. The van der Waals surface area contributed by atoms with Crippen molar-refractivity contribution in [3.63, 3.8) is 0 Å². The van der Waals surface area contributed by atoms with Gasteiger partial charge in [-0.25, -0.2) is 0 Å². The van der Waals surface area contributed by atoms with E-state index in [0.717, 1.165) is 10.2 Å². The zero-order valence-electron chi connectivity index (χ0n) is 12.6. The number of benzene rings is 1. The van der Waals surface area contributed by atoms with Gasteiger partial charge < -0.3 is 15.1 Å². The highest BCUT2D eigenvalue weighted by Crippen LogP contribution is 2.20. The van der Waals surface area contributed by atoms with Gasteiger partial charge in [-0.05, 0) is 47.1 Å². The van der Waals surface area contributed by atoms with Gasteiger partial charge in [-0.1, -0.05) is 12.1 Å². The van der Waals surface area contributed by atoms with E-state index in [-0.39, 0.29) is 30.9 Å². The first-order valence-electron chi connectivity index (χ1n) is 7.14. The highest BCUT2D eigenvalue weighted by atomic mass is 79.9. The quantitative estimate of drug-likeness (QED) is 0.689. The van der Waals surface area contributed by atoms with E-state index in [4.69, 9.17) is 4.42 Å². The Morgan fingerprint density at radius 3 is 2.61 bits per heavy atom. The maximum Gasteiger partial charge on any atom is 0.243 e. The van der Waals surface area contributed by atoms with Crippen LogP contribution in [0.3, 0.4) is 0 Å². The van der Waals surface area contributed by atoms with E-state index in [0.29, 0.717) is 5.69 Å². The summed E-state index contributed by atoms with van der Waals surface area (Å²) in [6.07, 6.45) is 1.58. The van der Waals surface area contributed by atoms with Crippen LogP contribution in [0.25, 0.3) is 0 Å². The Balaban J connectivity index is 1.70. The molecular formula is C16H18BrN3O3. The van der Waals surface area contributed by atoms with Gasteiger partial charge in [0, 0.05) is 4.47 Å². The Kier molecular flexibility index (Phi) is 6.37. The maximum absolute atomic E-state index is 11.8. The van der Waals surface area contributed by atoms with E-state index < -0.39 is 0 Å². The van der Waals surface area contributed by atoms with E-state index in [1.807, 2.05) is 31.2 Å². The molecule has 6 nitrogen and oxygen atoms in total. The fourth-order valence-electron chi connectivity index (χ4n) is 1.88. The molecule has 122 valence electrons. The molecular weight excluding hydrogens is 362 g/mol. The Labute approximate surface area is 142 Å². The summed E-state index contributed by atoms with van der Waals surface area (Å²) in [6, 6.07) is 10.8. The molecule has 2 rings (SSSR count). The first-order valence-corrected chi connectivity index (χ1v) is 7.93. The number of hydrogen-bond acceptors (Lipinski definition) is 4. The van der Waals surface area contributed by atoms with Crippen molar-refractivity contribution >= 4 is 33.4 Å². The molecule has 2 aromatic rings. The van der Waals surface area contributed by atoms with E-state index in [9.17, 15) is 9.59 Å². The van der Waals surface area contributed by atoms with Gasteiger partial charge in [-0.3, -0.25) is 14.9 Å². The lowest BCUT2D eigenvalue weighted by molar-refractivity contribution is -0.123. The lowest BCUT2D eigenvalue weighted by atomic mass is 10.2. The minimum Gasteiger partial charge on any atom is -0.468 e. The highest BCUT2D eigenvalue weighted by Gasteiger charge is 2.11. The van der Waals surface area contributed by atoms with Crippen LogP contribution in [0.4, 0.5) is 5.69 Å². The topological polar surface area (TPSA) is 83.4 Å². The average molecular weight is 380 g/mol. The SMILES string of the molecule is C[C@@H](NCC(=O)NCC(=O)Nc1ccccc1Br)c1ccco1. The summed E-state index contributed by atoms with van der Waals surface area (Å²) in [5.74, 6) is 0.208. The fourth-order valence-corrected chi connectivity index (χ4v) is 2.27. The van der Waals surface area contributed by atoms with Gasteiger partial charge in [-0.2, -0.15) is 0 Å². The molecule has 1 heterocycles. The second kappa shape index (κ2) is 8.50. The Hall–Kier alpha value is -2.12. The molecule has 0 unspecified atom stereocenters. The minimum atomic E-state index is -0.288. The van der Waals surface area contributed by atoms with Crippen LogP contribution in [0, 0.1) is 0 Å². The van der Waals surface area contributed by atoms with Crippen molar-refractivity contribution in [2.75, 3.05) is 18.4 Å². The molecule has 0 aliphatic rings. The zero-order chi connectivity index (χ0) is 16.7. The Bertz CT molecular complexity index is 658. The van der Waals surface area contributed by atoms with Crippen LogP contribution >= 0.6 is 15.9 Å². The third kappa shape index (κ3) is 5.54. The average Bonchev–Trinajstić information content (AvgIpc) is 3.07. The molecule has 1 aromatic heterocycles. The first kappa shape index (κ1) is 17.2. The number of nitrogens with one attached hydrogen (secondary N) is 3.